The van der Waals surface area contributed by atoms with Gasteiger partial charge in [0, 0.05) is 24.3 Å². The van der Waals surface area contributed by atoms with E-state index in [0.29, 0.717) is 27.0 Å². The van der Waals surface area contributed by atoms with E-state index in [1.54, 1.807) is 30.3 Å². The average molecular weight is 477 g/mol. The quantitative estimate of drug-likeness (QED) is 0.209. The summed E-state index contributed by atoms with van der Waals surface area (Å²) >= 11 is 1.10. The second-order valence-electron chi connectivity index (χ2n) is 6.91. The number of carbonyl (C=O) groups is 1. The van der Waals surface area contributed by atoms with Gasteiger partial charge in [0.1, 0.15) is 5.76 Å². The molecular weight excluding hydrogens is 462 g/mol. The van der Waals surface area contributed by atoms with Crippen molar-refractivity contribution < 1.29 is 19.1 Å². The smallest absolute Gasteiger partial charge is 0.269 e. The van der Waals surface area contributed by atoms with Gasteiger partial charge in [0.15, 0.2) is 5.17 Å². The van der Waals surface area contributed by atoms with Crippen molar-refractivity contribution in [2.45, 2.75) is 6.54 Å². The van der Waals surface area contributed by atoms with E-state index in [9.17, 15) is 25.0 Å². The summed E-state index contributed by atoms with van der Waals surface area (Å²) in [5.74, 6) is 0.238. The predicted octanol–water partition coefficient (Wildman–Crippen LogP) is 4.60. The summed E-state index contributed by atoms with van der Waals surface area (Å²) in [6.45, 7) is 0.141. The number of nitro groups is 2. The molecule has 0 bridgehead atoms. The zero-order chi connectivity index (χ0) is 24.1. The van der Waals surface area contributed by atoms with E-state index in [1.807, 2.05) is 0 Å². The number of rotatable bonds is 7. The summed E-state index contributed by atoms with van der Waals surface area (Å²) in [6.07, 6.45) is 4.54. The van der Waals surface area contributed by atoms with Crippen LogP contribution < -0.4 is 0 Å². The van der Waals surface area contributed by atoms with Crippen molar-refractivity contribution in [3.8, 4) is 0 Å². The van der Waals surface area contributed by atoms with E-state index in [1.165, 1.54) is 53.8 Å². The molecule has 1 amide bonds. The van der Waals surface area contributed by atoms with E-state index in [2.05, 4.69) is 10.2 Å². The standard InChI is InChI=1S/C22H15N5O6S/c28-21-20(12-15-3-7-17(8-4-15)26(29)30)34-22(25(21)14-19-2-1-11-33-19)24-23-13-16-5-9-18(10-6-16)27(31)32/h1-13H,14H2/b20-12-,23-13-,24-22+. The van der Waals surface area contributed by atoms with Gasteiger partial charge >= 0.3 is 0 Å². The molecule has 2 heterocycles. The third kappa shape index (κ3) is 5.24. The molecule has 1 saturated heterocycles. The monoisotopic (exact) mass is 477 g/mol. The minimum absolute atomic E-state index is 0.0361. The number of hydrogen-bond donors (Lipinski definition) is 0. The number of benzene rings is 2. The van der Waals surface area contributed by atoms with Gasteiger partial charge in [-0.2, -0.15) is 5.10 Å². The molecule has 3 aromatic rings. The molecule has 0 spiro atoms. The topological polar surface area (TPSA) is 144 Å². The van der Waals surface area contributed by atoms with Gasteiger partial charge in [0.2, 0.25) is 0 Å². The van der Waals surface area contributed by atoms with E-state index in [4.69, 9.17) is 4.42 Å². The van der Waals surface area contributed by atoms with Crippen LogP contribution >= 0.6 is 11.8 Å². The summed E-state index contributed by atoms with van der Waals surface area (Å²) in [5.41, 5.74) is 1.14. The number of carbonyl (C=O) groups excluding carboxylic acids is 1. The zero-order valence-electron chi connectivity index (χ0n) is 17.3. The Morgan fingerprint density at radius 3 is 2.12 bits per heavy atom. The third-order valence-corrected chi connectivity index (χ3v) is 5.63. The lowest BCUT2D eigenvalue weighted by atomic mass is 10.2. The molecule has 170 valence electrons. The number of amides is 1. The molecule has 34 heavy (non-hydrogen) atoms. The Morgan fingerprint density at radius 2 is 1.56 bits per heavy atom. The van der Waals surface area contributed by atoms with Crippen LogP contribution in [-0.4, -0.2) is 32.0 Å². The van der Waals surface area contributed by atoms with Crippen LogP contribution in [0.2, 0.25) is 0 Å². The Hall–Kier alpha value is -4.58. The molecule has 1 aliphatic heterocycles. The first-order valence-corrected chi connectivity index (χ1v) is 10.6. The summed E-state index contributed by atoms with van der Waals surface area (Å²) in [7, 11) is 0. The van der Waals surface area contributed by atoms with E-state index in [-0.39, 0.29) is 23.8 Å². The maximum absolute atomic E-state index is 13.0. The normalized spacial score (nSPS) is 16.1. The number of amidine groups is 1. The van der Waals surface area contributed by atoms with Gasteiger partial charge in [-0.3, -0.25) is 29.9 Å². The summed E-state index contributed by atoms with van der Waals surface area (Å²) in [4.78, 5) is 35.5. The highest BCUT2D eigenvalue weighted by molar-refractivity contribution is 8.18. The molecule has 0 radical (unpaired) electrons. The summed E-state index contributed by atoms with van der Waals surface area (Å²) in [6, 6.07) is 15.1. The van der Waals surface area contributed by atoms with Crippen molar-refractivity contribution in [3.63, 3.8) is 0 Å². The van der Waals surface area contributed by atoms with Crippen molar-refractivity contribution in [2.75, 3.05) is 0 Å². The molecule has 2 aromatic carbocycles. The highest BCUT2D eigenvalue weighted by atomic mass is 32.2. The highest BCUT2D eigenvalue weighted by Crippen LogP contribution is 2.34. The molecule has 1 aromatic heterocycles. The van der Waals surface area contributed by atoms with Gasteiger partial charge in [-0.25, -0.2) is 0 Å². The first-order chi connectivity index (χ1) is 16.4. The van der Waals surface area contributed by atoms with Crippen LogP contribution in [0.15, 0.2) is 86.5 Å². The predicted molar refractivity (Wildman–Crippen MR) is 126 cm³/mol. The van der Waals surface area contributed by atoms with Gasteiger partial charge in [0.25, 0.3) is 17.3 Å². The van der Waals surface area contributed by atoms with Crippen LogP contribution in [0.5, 0.6) is 0 Å². The number of hydrogen-bond acceptors (Lipinski definition) is 9. The number of thioether (sulfide) groups is 1. The van der Waals surface area contributed by atoms with Crippen molar-refractivity contribution in [3.05, 3.63) is 109 Å². The SMILES string of the molecule is O=C1/C(=C/c2ccc([N+](=O)[O-])cc2)S/C(=N/N=C\c2ccc([N+](=O)[O-])cc2)N1Cc1ccco1. The van der Waals surface area contributed by atoms with Crippen molar-refractivity contribution >= 4 is 46.5 Å². The molecule has 1 fully saturated rings. The molecule has 0 N–H and O–H groups in total. The fourth-order valence-electron chi connectivity index (χ4n) is 2.95. The lowest BCUT2D eigenvalue weighted by Crippen LogP contribution is -2.28. The third-order valence-electron chi connectivity index (χ3n) is 4.64. The lowest BCUT2D eigenvalue weighted by Gasteiger charge is -2.12. The van der Waals surface area contributed by atoms with Crippen LogP contribution in [0.3, 0.4) is 0 Å². The minimum atomic E-state index is -0.495. The highest BCUT2D eigenvalue weighted by Gasteiger charge is 2.34. The number of nitrogens with zero attached hydrogens (tertiary/aromatic N) is 5. The van der Waals surface area contributed by atoms with Crippen LogP contribution in [0.4, 0.5) is 11.4 Å². The summed E-state index contributed by atoms with van der Waals surface area (Å²) in [5, 5.41) is 30.1. The van der Waals surface area contributed by atoms with Gasteiger partial charge < -0.3 is 4.42 Å². The maximum Gasteiger partial charge on any atom is 0.269 e. The second-order valence-corrected chi connectivity index (χ2v) is 7.91. The van der Waals surface area contributed by atoms with E-state index in [0.717, 1.165) is 11.8 Å². The largest absolute Gasteiger partial charge is 0.467 e. The van der Waals surface area contributed by atoms with Crippen LogP contribution in [0.25, 0.3) is 6.08 Å². The molecule has 1 aliphatic rings. The molecule has 0 saturated carbocycles. The zero-order valence-corrected chi connectivity index (χ0v) is 18.1. The van der Waals surface area contributed by atoms with Crippen molar-refractivity contribution in [2.24, 2.45) is 10.2 Å². The van der Waals surface area contributed by atoms with Gasteiger partial charge in [-0.1, -0.05) is 0 Å². The van der Waals surface area contributed by atoms with Crippen LogP contribution in [-0.2, 0) is 11.3 Å². The molecule has 0 unspecified atom stereocenters. The molecule has 0 aliphatic carbocycles. The Bertz CT molecular complexity index is 1310. The second kappa shape index (κ2) is 9.92. The first kappa shape index (κ1) is 22.6. The van der Waals surface area contributed by atoms with E-state index >= 15 is 0 Å². The fraction of sp³-hybridized carbons (Fsp3) is 0.0455. The molecule has 4 rings (SSSR count). The minimum Gasteiger partial charge on any atom is -0.467 e. The van der Waals surface area contributed by atoms with Crippen LogP contribution in [0, 0.1) is 20.2 Å². The Balaban J connectivity index is 1.58. The Kier molecular flexibility index (Phi) is 6.59. The van der Waals surface area contributed by atoms with Gasteiger partial charge in [-0.05, 0) is 65.4 Å². The lowest BCUT2D eigenvalue weighted by molar-refractivity contribution is -0.385. The maximum atomic E-state index is 13.0. The fourth-order valence-corrected chi connectivity index (χ4v) is 3.89. The number of nitro benzene ring substituents is 2. The number of non-ortho nitro benzene ring substituents is 2. The van der Waals surface area contributed by atoms with Gasteiger partial charge in [-0.15, -0.1) is 5.10 Å². The molecule has 0 atom stereocenters. The molecule has 12 heteroatoms. The number of furan rings is 1. The van der Waals surface area contributed by atoms with Crippen molar-refractivity contribution in [1.29, 1.82) is 0 Å². The van der Waals surface area contributed by atoms with Crippen LogP contribution in [0.1, 0.15) is 16.9 Å². The Labute approximate surface area is 196 Å². The first-order valence-electron chi connectivity index (χ1n) is 9.74. The molecular formula is C22H15N5O6S. The summed E-state index contributed by atoms with van der Waals surface area (Å²) < 4.78 is 5.35. The Morgan fingerprint density at radius 1 is 0.941 bits per heavy atom. The van der Waals surface area contributed by atoms with E-state index < -0.39 is 9.85 Å². The molecule has 11 nitrogen and oxygen atoms in total. The average Bonchev–Trinajstić information content (AvgIpc) is 3.44. The van der Waals surface area contributed by atoms with Gasteiger partial charge in [0.05, 0.1) is 33.8 Å². The van der Waals surface area contributed by atoms with Crippen molar-refractivity contribution in [1.82, 2.24) is 4.90 Å².